The smallest absolute Gasteiger partial charge is 0.240 e. The second-order valence-corrected chi connectivity index (χ2v) is 3.86. The number of hydrogen-bond acceptors (Lipinski definition) is 2. The van der Waals surface area contributed by atoms with Crippen LogP contribution in [0, 0.1) is 5.92 Å². The molecule has 0 unspecified atom stereocenters. The van der Waals surface area contributed by atoms with Crippen molar-refractivity contribution >= 4 is 11.6 Å². The molecule has 0 aliphatic heterocycles. The van der Waals surface area contributed by atoms with Crippen molar-refractivity contribution in [3.05, 3.63) is 11.4 Å². The maximum Gasteiger partial charge on any atom is 0.434 e. The Morgan fingerprint density at radius 2 is 2.00 bits per heavy atom. The van der Waals surface area contributed by atoms with E-state index in [0.29, 0.717) is 0 Å². The molecule has 1 aromatic heterocycles. The molecule has 15 heavy (non-hydrogen) atoms. The molecule has 86 valence electrons. The van der Waals surface area contributed by atoms with E-state index < -0.39 is 11.9 Å². The topological polar surface area (TPSA) is 30.7 Å². The van der Waals surface area contributed by atoms with Gasteiger partial charge in [0.2, 0.25) is 0 Å². The summed E-state index contributed by atoms with van der Waals surface area (Å²) in [5.74, 6) is -0.219. The summed E-state index contributed by atoms with van der Waals surface area (Å²) in [6.07, 6.45) is -4.46. The highest BCUT2D eigenvalue weighted by molar-refractivity contribution is 6.16. The molecule has 0 aromatic carbocycles. The number of aromatic nitrogens is 3. The largest absolute Gasteiger partial charge is 0.434 e. The predicted octanol–water partition coefficient (Wildman–Crippen LogP) is 2.69. The molecule has 0 atom stereocenters. The molecule has 0 saturated heterocycles. The van der Waals surface area contributed by atoms with Crippen LogP contribution in [0.2, 0.25) is 0 Å². The molecule has 1 aromatic rings. The van der Waals surface area contributed by atoms with Gasteiger partial charge in [0.15, 0.2) is 5.69 Å². The number of halogens is 4. The fourth-order valence-electron chi connectivity index (χ4n) is 1.22. The van der Waals surface area contributed by atoms with E-state index in [2.05, 4.69) is 10.3 Å². The van der Waals surface area contributed by atoms with Gasteiger partial charge in [-0.1, -0.05) is 19.1 Å². The Labute approximate surface area is 90.2 Å². The summed E-state index contributed by atoms with van der Waals surface area (Å²) >= 11 is 5.37. The Bertz CT molecular complexity index is 332. The third kappa shape index (κ3) is 2.84. The zero-order valence-electron chi connectivity index (χ0n) is 8.35. The van der Waals surface area contributed by atoms with Gasteiger partial charge in [0.1, 0.15) is 5.69 Å². The minimum Gasteiger partial charge on any atom is -0.240 e. The van der Waals surface area contributed by atoms with Crippen molar-refractivity contribution in [1.82, 2.24) is 15.0 Å². The highest BCUT2D eigenvalue weighted by Crippen LogP contribution is 2.31. The van der Waals surface area contributed by atoms with Gasteiger partial charge in [-0.3, -0.25) is 0 Å². The molecule has 1 rings (SSSR count). The third-order valence-electron chi connectivity index (χ3n) is 1.74. The Balaban J connectivity index is 3.12. The van der Waals surface area contributed by atoms with Crippen molar-refractivity contribution in [1.29, 1.82) is 0 Å². The van der Waals surface area contributed by atoms with Gasteiger partial charge in [-0.15, -0.1) is 16.7 Å². The molecule has 0 fully saturated rings. The Kier molecular flexibility index (Phi) is 3.59. The summed E-state index contributed by atoms with van der Waals surface area (Å²) in [4.78, 5) is 0. The van der Waals surface area contributed by atoms with E-state index in [0.717, 1.165) is 4.68 Å². The van der Waals surface area contributed by atoms with Gasteiger partial charge in [-0.05, 0) is 5.92 Å². The molecular weight excluding hydrogens is 231 g/mol. The maximum atomic E-state index is 12.6. The fourth-order valence-corrected chi connectivity index (χ4v) is 1.40. The monoisotopic (exact) mass is 241 g/mol. The van der Waals surface area contributed by atoms with Crippen molar-refractivity contribution in [2.75, 3.05) is 0 Å². The highest BCUT2D eigenvalue weighted by Gasteiger charge is 2.38. The Hall–Kier alpha value is -0.780. The summed E-state index contributed by atoms with van der Waals surface area (Å²) in [6.45, 7) is 3.79. The van der Waals surface area contributed by atoms with E-state index in [1.807, 2.05) is 13.8 Å². The average Bonchev–Trinajstić information content (AvgIpc) is 2.45. The Morgan fingerprint density at radius 3 is 2.40 bits per heavy atom. The molecule has 1 heterocycles. The molecular formula is C8H11ClF3N3. The lowest BCUT2D eigenvalue weighted by molar-refractivity contribution is -0.145. The van der Waals surface area contributed by atoms with Gasteiger partial charge in [0.25, 0.3) is 0 Å². The van der Waals surface area contributed by atoms with Crippen LogP contribution in [0.15, 0.2) is 0 Å². The highest BCUT2D eigenvalue weighted by atomic mass is 35.5. The molecule has 0 saturated carbocycles. The molecule has 7 heteroatoms. The number of rotatable bonds is 3. The minimum absolute atomic E-state index is 0.0657. The van der Waals surface area contributed by atoms with Crippen LogP contribution in [0.1, 0.15) is 25.2 Å². The first-order valence-corrected chi connectivity index (χ1v) is 4.95. The first-order chi connectivity index (χ1) is 6.86. The van der Waals surface area contributed by atoms with Crippen LogP contribution < -0.4 is 0 Å². The lowest BCUT2D eigenvalue weighted by atomic mass is 10.2. The van der Waals surface area contributed by atoms with Crippen molar-refractivity contribution in [2.45, 2.75) is 32.4 Å². The zero-order valence-corrected chi connectivity index (χ0v) is 9.10. The van der Waals surface area contributed by atoms with Gasteiger partial charge < -0.3 is 0 Å². The quantitative estimate of drug-likeness (QED) is 0.762. The standard InChI is InChI=1S/C8H11ClF3N3/c1-5(2)4-15-7(8(10,11)12)6(3-9)13-14-15/h5H,3-4H2,1-2H3. The summed E-state index contributed by atoms with van der Waals surface area (Å²) in [5, 5.41) is 6.87. The first kappa shape index (κ1) is 12.3. The second kappa shape index (κ2) is 4.38. The van der Waals surface area contributed by atoms with Crippen LogP contribution in [0.5, 0.6) is 0 Å². The van der Waals surface area contributed by atoms with Crippen molar-refractivity contribution in [3.8, 4) is 0 Å². The van der Waals surface area contributed by atoms with Gasteiger partial charge >= 0.3 is 6.18 Å². The van der Waals surface area contributed by atoms with Crippen molar-refractivity contribution in [3.63, 3.8) is 0 Å². The van der Waals surface area contributed by atoms with Crippen LogP contribution in [-0.4, -0.2) is 15.0 Å². The molecule has 0 aliphatic carbocycles. The Morgan fingerprint density at radius 1 is 1.40 bits per heavy atom. The summed E-state index contributed by atoms with van der Waals surface area (Å²) < 4.78 is 38.7. The average molecular weight is 242 g/mol. The van der Waals surface area contributed by atoms with Crippen LogP contribution >= 0.6 is 11.6 Å². The van der Waals surface area contributed by atoms with Crippen LogP contribution in [0.25, 0.3) is 0 Å². The predicted molar refractivity (Wildman–Crippen MR) is 49.4 cm³/mol. The zero-order chi connectivity index (χ0) is 11.6. The van der Waals surface area contributed by atoms with Gasteiger partial charge in [-0.2, -0.15) is 13.2 Å². The van der Waals surface area contributed by atoms with Crippen molar-refractivity contribution in [2.24, 2.45) is 5.92 Å². The lowest BCUT2D eigenvalue weighted by Crippen LogP contribution is -2.18. The molecule has 0 N–H and O–H groups in total. The fraction of sp³-hybridized carbons (Fsp3) is 0.750. The second-order valence-electron chi connectivity index (χ2n) is 3.59. The minimum atomic E-state index is -4.46. The summed E-state index contributed by atoms with van der Waals surface area (Å²) in [6, 6.07) is 0. The number of nitrogens with zero attached hydrogens (tertiary/aromatic N) is 3. The van der Waals surface area contributed by atoms with E-state index >= 15 is 0 Å². The maximum absolute atomic E-state index is 12.6. The van der Waals surface area contributed by atoms with Crippen molar-refractivity contribution < 1.29 is 13.2 Å². The molecule has 3 nitrogen and oxygen atoms in total. The van der Waals surface area contributed by atoms with E-state index in [-0.39, 0.29) is 24.0 Å². The molecule has 0 bridgehead atoms. The van der Waals surface area contributed by atoms with E-state index in [4.69, 9.17) is 11.6 Å². The summed E-state index contributed by atoms with van der Waals surface area (Å²) in [7, 11) is 0. The molecule has 0 aliphatic rings. The first-order valence-electron chi connectivity index (χ1n) is 4.41. The number of hydrogen-bond donors (Lipinski definition) is 0. The van der Waals surface area contributed by atoms with Gasteiger partial charge in [0.05, 0.1) is 5.88 Å². The molecule has 0 amide bonds. The normalized spacial score (nSPS) is 12.5. The van der Waals surface area contributed by atoms with E-state index in [1.165, 1.54) is 0 Å². The van der Waals surface area contributed by atoms with Crippen LogP contribution in [0.4, 0.5) is 13.2 Å². The SMILES string of the molecule is CC(C)Cn1nnc(CCl)c1C(F)(F)F. The molecule has 0 radical (unpaired) electrons. The van der Waals surface area contributed by atoms with Gasteiger partial charge in [0, 0.05) is 6.54 Å². The van der Waals surface area contributed by atoms with E-state index in [9.17, 15) is 13.2 Å². The summed E-state index contributed by atoms with van der Waals surface area (Å²) in [5.41, 5.74) is -1.06. The number of alkyl halides is 4. The van der Waals surface area contributed by atoms with Crippen LogP contribution in [0.3, 0.4) is 0 Å². The van der Waals surface area contributed by atoms with Crippen LogP contribution in [-0.2, 0) is 18.6 Å². The van der Waals surface area contributed by atoms with Gasteiger partial charge in [-0.25, -0.2) is 4.68 Å². The molecule has 0 spiro atoms. The third-order valence-corrected chi connectivity index (χ3v) is 1.99. The van der Waals surface area contributed by atoms with E-state index in [1.54, 1.807) is 0 Å². The lowest BCUT2D eigenvalue weighted by Gasteiger charge is -2.11.